The molecular weight excluding hydrogens is 134 g/mol. The molecule has 0 unspecified atom stereocenters. The van der Waals surface area contributed by atoms with E-state index in [1.54, 1.807) is 0 Å². The molecule has 2 heteroatoms. The van der Waals surface area contributed by atoms with Crippen LogP contribution in [0.5, 0.6) is 0 Å². The number of rotatable bonds is 1. The van der Waals surface area contributed by atoms with Gasteiger partial charge in [0.1, 0.15) is 11.6 Å². The lowest BCUT2D eigenvalue weighted by Crippen LogP contribution is -1.91. The van der Waals surface area contributed by atoms with Crippen molar-refractivity contribution in [1.82, 2.24) is 0 Å². The molecule has 0 nitrogen and oxygen atoms in total. The third-order valence-corrected chi connectivity index (χ3v) is 1.31. The summed E-state index contributed by atoms with van der Waals surface area (Å²) in [4.78, 5) is 0. The average molecular weight is 141 g/mol. The Bertz CT molecular complexity index is 210. The Morgan fingerprint density at radius 1 is 1.20 bits per heavy atom. The van der Waals surface area contributed by atoms with Crippen LogP contribution in [0.25, 0.3) is 0 Å². The first kappa shape index (κ1) is 7.19. The van der Waals surface area contributed by atoms with Gasteiger partial charge in [-0.05, 0) is 25.5 Å². The maximum absolute atomic E-state index is 12.6. The average Bonchev–Trinajstić information content (AvgIpc) is 1.88. The van der Waals surface area contributed by atoms with E-state index in [4.69, 9.17) is 0 Å². The first-order valence-corrected chi connectivity index (χ1v) is 2.98. The maximum Gasteiger partial charge on any atom is 0.129 e. The van der Waals surface area contributed by atoms with Crippen LogP contribution in [0.2, 0.25) is 0 Å². The second kappa shape index (κ2) is 2.78. The molecule has 10 heavy (non-hydrogen) atoms. The van der Waals surface area contributed by atoms with E-state index in [1.165, 1.54) is 18.2 Å². The fraction of sp³-hybridized carbons (Fsp3) is 0.125. The molecule has 0 atom stereocenters. The maximum atomic E-state index is 12.6. The first-order valence-electron chi connectivity index (χ1n) is 2.98. The van der Waals surface area contributed by atoms with Gasteiger partial charge in [0.25, 0.3) is 0 Å². The fourth-order valence-electron chi connectivity index (χ4n) is 0.771. The van der Waals surface area contributed by atoms with Crippen LogP contribution < -0.4 is 0 Å². The molecule has 0 spiro atoms. The van der Waals surface area contributed by atoms with E-state index >= 15 is 0 Å². The summed E-state index contributed by atoms with van der Waals surface area (Å²) in [6, 6.07) is 3.79. The Morgan fingerprint density at radius 2 is 1.70 bits per heavy atom. The molecule has 0 bridgehead atoms. The lowest BCUT2D eigenvalue weighted by molar-refractivity contribution is 0.562. The van der Waals surface area contributed by atoms with E-state index in [9.17, 15) is 8.78 Å². The Balaban J connectivity index is 3.17. The van der Waals surface area contributed by atoms with Crippen LogP contribution in [0.4, 0.5) is 8.78 Å². The summed E-state index contributed by atoms with van der Waals surface area (Å²) >= 11 is 0. The molecule has 0 aliphatic carbocycles. The molecule has 1 aromatic carbocycles. The van der Waals surface area contributed by atoms with Crippen molar-refractivity contribution in [2.45, 2.75) is 6.42 Å². The zero-order valence-corrected chi connectivity index (χ0v) is 5.40. The van der Waals surface area contributed by atoms with Crippen LogP contribution >= 0.6 is 0 Å². The van der Waals surface area contributed by atoms with Gasteiger partial charge in [0.15, 0.2) is 0 Å². The normalized spacial score (nSPS) is 9.90. The molecular formula is C8H7F2. The molecule has 0 aliphatic rings. The van der Waals surface area contributed by atoms with Crippen molar-refractivity contribution in [2.75, 3.05) is 0 Å². The molecule has 1 aromatic rings. The highest BCUT2D eigenvalue weighted by molar-refractivity contribution is 5.19. The zero-order chi connectivity index (χ0) is 7.56. The summed E-state index contributed by atoms with van der Waals surface area (Å²) in [5, 5.41) is 0. The minimum absolute atomic E-state index is 0.0579. The summed E-state index contributed by atoms with van der Waals surface area (Å²) in [6.45, 7) is 3.40. The van der Waals surface area contributed by atoms with E-state index in [1.807, 2.05) is 0 Å². The molecule has 0 saturated carbocycles. The molecule has 1 rings (SSSR count). The van der Waals surface area contributed by atoms with Gasteiger partial charge in [0.05, 0.1) is 0 Å². The largest absolute Gasteiger partial charge is 0.207 e. The van der Waals surface area contributed by atoms with Crippen LogP contribution in [0, 0.1) is 18.6 Å². The molecule has 0 amide bonds. The summed E-state index contributed by atoms with van der Waals surface area (Å²) in [6.07, 6.45) is 0.151. The monoisotopic (exact) mass is 141 g/mol. The third-order valence-electron chi connectivity index (χ3n) is 1.31. The molecule has 0 fully saturated rings. The third kappa shape index (κ3) is 1.15. The van der Waals surface area contributed by atoms with E-state index in [0.29, 0.717) is 0 Å². The summed E-state index contributed by atoms with van der Waals surface area (Å²) < 4.78 is 25.1. The van der Waals surface area contributed by atoms with E-state index in [0.717, 1.165) is 0 Å². The van der Waals surface area contributed by atoms with Gasteiger partial charge in [-0.3, -0.25) is 0 Å². The van der Waals surface area contributed by atoms with Gasteiger partial charge < -0.3 is 0 Å². The highest BCUT2D eigenvalue weighted by Gasteiger charge is 2.03. The van der Waals surface area contributed by atoms with Crippen LogP contribution in [-0.4, -0.2) is 0 Å². The van der Waals surface area contributed by atoms with Crippen LogP contribution in [0.15, 0.2) is 18.2 Å². The number of hydrogen-bond donors (Lipinski definition) is 0. The smallest absolute Gasteiger partial charge is 0.129 e. The number of benzene rings is 1. The van der Waals surface area contributed by atoms with Gasteiger partial charge in [0.2, 0.25) is 0 Å². The van der Waals surface area contributed by atoms with Crippen molar-refractivity contribution in [3.8, 4) is 0 Å². The first-order chi connectivity index (χ1) is 4.75. The van der Waals surface area contributed by atoms with Crippen molar-refractivity contribution in [2.24, 2.45) is 0 Å². The Kier molecular flexibility index (Phi) is 2.00. The van der Waals surface area contributed by atoms with E-state index in [2.05, 4.69) is 6.92 Å². The quantitative estimate of drug-likeness (QED) is 0.563. The Hall–Kier alpha value is -0.920. The second-order valence-corrected chi connectivity index (χ2v) is 1.95. The van der Waals surface area contributed by atoms with Gasteiger partial charge in [-0.15, -0.1) is 0 Å². The second-order valence-electron chi connectivity index (χ2n) is 1.95. The lowest BCUT2D eigenvalue weighted by Gasteiger charge is -1.98. The van der Waals surface area contributed by atoms with Crippen molar-refractivity contribution in [3.63, 3.8) is 0 Å². The standard InChI is InChI=1S/C8H7F2/c1-2-6-7(9)4-3-5-8(6)10/h3-5H,1-2H2. The molecule has 0 heterocycles. The van der Waals surface area contributed by atoms with Crippen LogP contribution in [-0.2, 0) is 6.42 Å². The van der Waals surface area contributed by atoms with Gasteiger partial charge >= 0.3 is 0 Å². The highest BCUT2D eigenvalue weighted by Crippen LogP contribution is 2.11. The molecule has 0 aromatic heterocycles. The summed E-state index contributed by atoms with van der Waals surface area (Å²) in [5.41, 5.74) is 0.0579. The van der Waals surface area contributed by atoms with Crippen molar-refractivity contribution in [1.29, 1.82) is 0 Å². The fourth-order valence-corrected chi connectivity index (χ4v) is 0.771. The minimum Gasteiger partial charge on any atom is -0.207 e. The molecule has 0 aliphatic heterocycles. The van der Waals surface area contributed by atoms with Crippen LogP contribution in [0.3, 0.4) is 0 Å². The van der Waals surface area contributed by atoms with E-state index in [-0.39, 0.29) is 12.0 Å². The lowest BCUT2D eigenvalue weighted by atomic mass is 10.1. The van der Waals surface area contributed by atoms with Gasteiger partial charge in [-0.1, -0.05) is 6.07 Å². The SMILES string of the molecule is [CH2]Cc1c(F)cccc1F. The molecule has 1 radical (unpaired) electrons. The Labute approximate surface area is 58.5 Å². The van der Waals surface area contributed by atoms with Crippen molar-refractivity contribution in [3.05, 3.63) is 42.3 Å². The van der Waals surface area contributed by atoms with Crippen molar-refractivity contribution < 1.29 is 8.78 Å². The predicted molar refractivity (Wildman–Crippen MR) is 35.4 cm³/mol. The summed E-state index contributed by atoms with van der Waals surface area (Å²) in [5.74, 6) is -1.04. The molecule has 53 valence electrons. The minimum atomic E-state index is -0.519. The van der Waals surface area contributed by atoms with Gasteiger partial charge in [-0.25, -0.2) is 8.78 Å². The molecule has 0 N–H and O–H groups in total. The predicted octanol–water partition coefficient (Wildman–Crippen LogP) is 2.34. The van der Waals surface area contributed by atoms with Gasteiger partial charge in [-0.2, -0.15) is 0 Å². The zero-order valence-electron chi connectivity index (χ0n) is 5.40. The molecule has 0 saturated heterocycles. The Morgan fingerprint density at radius 3 is 2.00 bits per heavy atom. The van der Waals surface area contributed by atoms with E-state index < -0.39 is 11.6 Å². The topological polar surface area (TPSA) is 0 Å². The number of hydrogen-bond acceptors (Lipinski definition) is 0. The highest BCUT2D eigenvalue weighted by atomic mass is 19.1. The van der Waals surface area contributed by atoms with Crippen LogP contribution in [0.1, 0.15) is 5.56 Å². The van der Waals surface area contributed by atoms with Crippen molar-refractivity contribution >= 4 is 0 Å². The van der Waals surface area contributed by atoms with Gasteiger partial charge in [0, 0.05) is 5.56 Å². The summed E-state index contributed by atoms with van der Waals surface area (Å²) in [7, 11) is 0. The number of halogens is 2.